The summed E-state index contributed by atoms with van der Waals surface area (Å²) in [4.78, 5) is 20.9. The number of hydrogen-bond acceptors (Lipinski definition) is 4. The zero-order valence-electron chi connectivity index (χ0n) is 13.4. The Bertz CT molecular complexity index is 689. The molecular weight excluding hydrogens is 308 g/mol. The van der Waals surface area contributed by atoms with Gasteiger partial charge in [0.2, 0.25) is 0 Å². The van der Waals surface area contributed by atoms with Crippen molar-refractivity contribution in [2.45, 2.75) is 13.0 Å². The number of rotatable bonds is 8. The maximum atomic E-state index is 11.3. The Kier molecular flexibility index (Phi) is 6.69. The van der Waals surface area contributed by atoms with E-state index in [9.17, 15) is 15.0 Å². The molecule has 0 heterocycles. The van der Waals surface area contributed by atoms with Gasteiger partial charge in [-0.2, -0.15) is 0 Å². The van der Waals surface area contributed by atoms with Gasteiger partial charge in [0.05, 0.1) is 20.1 Å². The molecule has 0 atom stereocenters. The minimum Gasteiger partial charge on any atom is -0.481 e. The maximum Gasteiger partial charge on any atom is 0.307 e. The van der Waals surface area contributed by atoms with Crippen molar-refractivity contribution in [3.05, 3.63) is 76.9 Å². The van der Waals surface area contributed by atoms with E-state index in [4.69, 9.17) is 4.89 Å². The Morgan fingerprint density at radius 2 is 1.62 bits per heavy atom. The van der Waals surface area contributed by atoms with E-state index < -0.39 is 5.97 Å². The van der Waals surface area contributed by atoms with Gasteiger partial charge in [0.25, 0.3) is 0 Å². The van der Waals surface area contributed by atoms with E-state index >= 15 is 0 Å². The van der Waals surface area contributed by atoms with Crippen LogP contribution < -0.4 is 0 Å². The number of aliphatic carboxylic acids is 1. The minimum atomic E-state index is -0.940. The summed E-state index contributed by atoms with van der Waals surface area (Å²) in [5, 5.41) is 18.4. The van der Waals surface area contributed by atoms with Crippen LogP contribution in [0.5, 0.6) is 0 Å². The molecule has 2 aromatic carbocycles. The highest BCUT2D eigenvalue weighted by Gasteiger charge is 2.15. The van der Waals surface area contributed by atoms with Crippen molar-refractivity contribution in [3.63, 3.8) is 0 Å². The summed E-state index contributed by atoms with van der Waals surface area (Å²) in [5.74, 6) is -0.940. The highest BCUT2D eigenvalue weighted by Crippen LogP contribution is 2.29. The molecule has 126 valence electrons. The van der Waals surface area contributed by atoms with E-state index in [1.807, 2.05) is 54.6 Å². The zero-order chi connectivity index (χ0) is 17.4. The van der Waals surface area contributed by atoms with E-state index in [-0.39, 0.29) is 19.6 Å². The van der Waals surface area contributed by atoms with Gasteiger partial charge in [-0.3, -0.25) is 4.79 Å². The first-order valence-corrected chi connectivity index (χ1v) is 7.50. The molecule has 2 N–H and O–H groups in total. The van der Waals surface area contributed by atoms with Crippen molar-refractivity contribution in [1.82, 2.24) is 0 Å². The number of carboxylic acids is 1. The zero-order valence-corrected chi connectivity index (χ0v) is 13.4. The van der Waals surface area contributed by atoms with Crippen molar-refractivity contribution in [3.8, 4) is 0 Å². The smallest absolute Gasteiger partial charge is 0.307 e. The summed E-state index contributed by atoms with van der Waals surface area (Å²) in [6.45, 7) is 0.00815. The van der Waals surface area contributed by atoms with Crippen molar-refractivity contribution in [2.75, 3.05) is 13.7 Å². The van der Waals surface area contributed by atoms with E-state index in [0.29, 0.717) is 5.57 Å². The fourth-order valence-electron chi connectivity index (χ4n) is 2.48. The largest absolute Gasteiger partial charge is 0.481 e. The van der Waals surface area contributed by atoms with Gasteiger partial charge in [0, 0.05) is 0 Å². The summed E-state index contributed by atoms with van der Waals surface area (Å²) in [6, 6.07) is 16.9. The van der Waals surface area contributed by atoms with Gasteiger partial charge in [-0.1, -0.05) is 54.6 Å². The molecule has 0 bridgehead atoms. The first-order chi connectivity index (χ1) is 11.7. The van der Waals surface area contributed by atoms with Crippen LogP contribution >= 0.6 is 0 Å². The molecule has 5 nitrogen and oxygen atoms in total. The third-order valence-electron chi connectivity index (χ3n) is 3.56. The van der Waals surface area contributed by atoms with Gasteiger partial charge in [-0.25, -0.2) is 9.78 Å². The molecular formula is C19H20O5. The van der Waals surface area contributed by atoms with Gasteiger partial charge >= 0.3 is 5.97 Å². The predicted molar refractivity (Wildman–Crippen MR) is 90.0 cm³/mol. The first kappa shape index (κ1) is 17.9. The molecule has 0 saturated heterocycles. The van der Waals surface area contributed by atoms with Crippen LogP contribution in [-0.2, 0) is 21.2 Å². The lowest BCUT2D eigenvalue weighted by Gasteiger charge is -2.15. The molecule has 0 fully saturated rings. The Labute approximate surface area is 140 Å². The van der Waals surface area contributed by atoms with Gasteiger partial charge in [0.15, 0.2) is 0 Å². The molecule has 0 unspecified atom stereocenters. The number of aliphatic hydroxyl groups excluding tert-OH is 1. The summed E-state index contributed by atoms with van der Waals surface area (Å²) in [5.41, 5.74) is 3.94. The third kappa shape index (κ3) is 4.76. The molecule has 0 aliphatic rings. The molecule has 0 aliphatic heterocycles. The van der Waals surface area contributed by atoms with Gasteiger partial charge < -0.3 is 10.2 Å². The number of hydrogen-bond donors (Lipinski definition) is 2. The van der Waals surface area contributed by atoms with Crippen LogP contribution in [-0.4, -0.2) is 29.9 Å². The van der Waals surface area contributed by atoms with Crippen molar-refractivity contribution < 1.29 is 24.8 Å². The lowest BCUT2D eigenvalue weighted by molar-refractivity contribution is -0.265. The summed E-state index contributed by atoms with van der Waals surface area (Å²) in [6.07, 6.45) is -0.157. The minimum absolute atomic E-state index is 0.0422. The van der Waals surface area contributed by atoms with Crippen LogP contribution in [0.1, 0.15) is 23.1 Å². The van der Waals surface area contributed by atoms with Gasteiger partial charge in [-0.05, 0) is 27.8 Å². The van der Waals surface area contributed by atoms with Crippen molar-refractivity contribution >= 4 is 11.5 Å². The normalized spacial score (nSPS) is 11.9. The molecule has 5 heteroatoms. The van der Waals surface area contributed by atoms with Gasteiger partial charge in [-0.15, -0.1) is 0 Å². The Morgan fingerprint density at radius 3 is 2.17 bits per heavy atom. The number of carboxylic acid groups (broad SMARTS) is 1. The van der Waals surface area contributed by atoms with E-state index in [1.54, 1.807) is 0 Å². The van der Waals surface area contributed by atoms with E-state index in [1.165, 1.54) is 7.11 Å². The number of carbonyl (C=O) groups is 1. The molecule has 0 spiro atoms. The second-order valence-corrected chi connectivity index (χ2v) is 5.20. The van der Waals surface area contributed by atoms with Crippen molar-refractivity contribution in [2.24, 2.45) is 0 Å². The van der Waals surface area contributed by atoms with Crippen LogP contribution in [0.25, 0.3) is 5.57 Å². The van der Waals surface area contributed by atoms with Crippen molar-refractivity contribution in [1.29, 1.82) is 0 Å². The van der Waals surface area contributed by atoms with Crippen LogP contribution in [0.2, 0.25) is 0 Å². The molecule has 0 saturated carbocycles. The van der Waals surface area contributed by atoms with Crippen LogP contribution in [0, 0.1) is 0 Å². The SMILES string of the molecule is COOC/C(CC(=O)O)=C(/c1ccccc1)c1ccc(CO)cc1. The third-order valence-corrected chi connectivity index (χ3v) is 3.56. The highest BCUT2D eigenvalue weighted by atomic mass is 17.2. The standard InChI is InChI=1S/C19H20O5/c1-23-24-13-17(11-18(21)22)19(15-5-3-2-4-6-15)16-9-7-14(12-20)8-10-16/h2-10,20H,11-13H2,1H3,(H,21,22)/b19-17-. The predicted octanol–water partition coefficient (Wildman–Crippen LogP) is 3.03. The fourth-order valence-corrected chi connectivity index (χ4v) is 2.48. The summed E-state index contributed by atoms with van der Waals surface area (Å²) in [7, 11) is 1.39. The summed E-state index contributed by atoms with van der Waals surface area (Å²) < 4.78 is 0. The quantitative estimate of drug-likeness (QED) is 0.575. The number of aliphatic hydroxyl groups is 1. The Hall–Kier alpha value is -2.47. The second kappa shape index (κ2) is 8.98. The van der Waals surface area contributed by atoms with Gasteiger partial charge in [0.1, 0.15) is 6.61 Å². The monoisotopic (exact) mass is 328 g/mol. The molecule has 0 aromatic heterocycles. The van der Waals surface area contributed by atoms with Crippen LogP contribution in [0.15, 0.2) is 60.2 Å². The fraction of sp³-hybridized carbons (Fsp3) is 0.211. The summed E-state index contributed by atoms with van der Waals surface area (Å²) >= 11 is 0. The molecule has 0 aliphatic carbocycles. The highest BCUT2D eigenvalue weighted by molar-refractivity contribution is 5.85. The molecule has 2 aromatic rings. The average Bonchev–Trinajstić information content (AvgIpc) is 2.61. The molecule has 0 amide bonds. The Morgan fingerprint density at radius 1 is 1.00 bits per heavy atom. The lowest BCUT2D eigenvalue weighted by Crippen LogP contribution is -2.08. The molecule has 2 rings (SSSR count). The van der Waals surface area contributed by atoms with Crippen LogP contribution in [0.3, 0.4) is 0 Å². The average molecular weight is 328 g/mol. The van der Waals surface area contributed by atoms with Crippen LogP contribution in [0.4, 0.5) is 0 Å². The molecule has 24 heavy (non-hydrogen) atoms. The maximum absolute atomic E-state index is 11.3. The first-order valence-electron chi connectivity index (χ1n) is 7.50. The number of benzene rings is 2. The molecule has 0 radical (unpaired) electrons. The van der Waals surface area contributed by atoms with E-state index in [2.05, 4.69) is 4.89 Å². The van der Waals surface area contributed by atoms with E-state index in [0.717, 1.165) is 22.3 Å². The topological polar surface area (TPSA) is 76.0 Å². The Balaban J connectivity index is 2.57. The second-order valence-electron chi connectivity index (χ2n) is 5.20. The lowest BCUT2D eigenvalue weighted by atomic mass is 9.91.